The maximum Gasteiger partial charge on any atom is 0.423 e. The lowest BCUT2D eigenvalue weighted by Gasteiger charge is -2.48. The molecule has 4 aliphatic rings. The third-order valence-corrected chi connectivity index (χ3v) is 13.4. The fourth-order valence-electron chi connectivity index (χ4n) is 9.23. The van der Waals surface area contributed by atoms with Crippen LogP contribution in [0.15, 0.2) is 83.8 Å². The van der Waals surface area contributed by atoms with Crippen molar-refractivity contribution < 1.29 is 28.7 Å². The van der Waals surface area contributed by atoms with Crippen molar-refractivity contribution in [3.8, 4) is 20.9 Å². The summed E-state index contributed by atoms with van der Waals surface area (Å²) >= 11 is 2.83. The Labute approximate surface area is 334 Å². The van der Waals surface area contributed by atoms with Crippen LogP contribution in [0.1, 0.15) is 51.4 Å². The van der Waals surface area contributed by atoms with Crippen molar-refractivity contribution in [3.63, 3.8) is 0 Å². The van der Waals surface area contributed by atoms with Gasteiger partial charge in [-0.15, -0.1) is 22.7 Å². The third-order valence-electron chi connectivity index (χ3n) is 11.7. The number of fused-ring (bicyclic) bond motifs is 4. The van der Waals surface area contributed by atoms with Crippen molar-refractivity contribution in [2.45, 2.75) is 51.4 Å². The van der Waals surface area contributed by atoms with Gasteiger partial charge in [0, 0.05) is 49.2 Å². The van der Waals surface area contributed by atoms with E-state index in [2.05, 4.69) is 19.8 Å². The van der Waals surface area contributed by atoms with Gasteiger partial charge in [-0.25, -0.2) is 29.1 Å². The molecular weight excluding hydrogens is 749 g/mol. The van der Waals surface area contributed by atoms with E-state index in [1.54, 1.807) is 11.0 Å². The van der Waals surface area contributed by atoms with Crippen LogP contribution < -0.4 is 9.80 Å². The molecule has 4 fully saturated rings. The number of carbonyl (C=O) groups excluding carboxylic acids is 4. The average molecular weight is 795 g/mol. The number of thiazole rings is 2. The van der Waals surface area contributed by atoms with Crippen molar-refractivity contribution >= 4 is 58.4 Å². The van der Waals surface area contributed by atoms with Crippen LogP contribution in [0.5, 0.6) is 0 Å². The molecule has 6 heterocycles. The van der Waals surface area contributed by atoms with Gasteiger partial charge in [-0.3, -0.25) is 9.80 Å². The zero-order chi connectivity index (χ0) is 38.5. The molecule has 0 unspecified atom stereocenters. The normalized spacial score (nSPS) is 24.3. The summed E-state index contributed by atoms with van der Waals surface area (Å²) in [5, 5.41) is 0. The molecule has 56 heavy (non-hydrogen) atoms. The molecule has 8 rings (SSSR count). The van der Waals surface area contributed by atoms with Crippen molar-refractivity contribution in [1.82, 2.24) is 19.8 Å². The summed E-state index contributed by atoms with van der Waals surface area (Å²) in [4.78, 5) is 72.9. The molecule has 2 amide bonds. The lowest BCUT2D eigenvalue weighted by molar-refractivity contribution is -0.134. The highest BCUT2D eigenvalue weighted by molar-refractivity contribution is 7.14. The van der Waals surface area contributed by atoms with Gasteiger partial charge >= 0.3 is 24.1 Å². The summed E-state index contributed by atoms with van der Waals surface area (Å²) in [5.74, 6) is -1.25. The van der Waals surface area contributed by atoms with E-state index in [0.29, 0.717) is 24.7 Å². The van der Waals surface area contributed by atoms with Gasteiger partial charge < -0.3 is 19.3 Å². The van der Waals surface area contributed by atoms with E-state index in [1.807, 2.05) is 60.7 Å². The molecule has 4 aliphatic heterocycles. The number of benzene rings is 2. The maximum absolute atomic E-state index is 13.9. The van der Waals surface area contributed by atoms with E-state index in [4.69, 9.17) is 9.47 Å². The minimum absolute atomic E-state index is 0.160. The number of amides is 2. The number of rotatable bonds is 10. The number of hydrogen-bond donors (Lipinski definition) is 0. The number of esters is 2. The molecule has 4 aromatic rings. The predicted molar refractivity (Wildman–Crippen MR) is 217 cm³/mol. The summed E-state index contributed by atoms with van der Waals surface area (Å²) in [6.07, 6.45) is 7.84. The number of anilines is 2. The number of hydrogen-bond acceptors (Lipinski definition) is 12. The van der Waals surface area contributed by atoms with Crippen molar-refractivity contribution in [3.05, 3.63) is 83.8 Å². The van der Waals surface area contributed by atoms with E-state index in [1.165, 1.54) is 32.5 Å². The first kappa shape index (κ1) is 38.1. The molecule has 4 bridgehead atoms. The van der Waals surface area contributed by atoms with Crippen molar-refractivity contribution in [1.29, 1.82) is 0 Å². The summed E-state index contributed by atoms with van der Waals surface area (Å²) in [7, 11) is 0. The van der Waals surface area contributed by atoms with Gasteiger partial charge in [-0.2, -0.15) is 0 Å². The van der Waals surface area contributed by atoms with Crippen LogP contribution in [-0.4, -0.2) is 96.3 Å². The first-order chi connectivity index (χ1) is 27.3. The van der Waals surface area contributed by atoms with Gasteiger partial charge in [-0.1, -0.05) is 60.7 Å². The van der Waals surface area contributed by atoms with Crippen LogP contribution in [0.4, 0.5) is 21.2 Å². The smallest absolute Gasteiger partial charge is 0.373 e. The van der Waals surface area contributed by atoms with Crippen LogP contribution >= 0.6 is 22.7 Å². The average Bonchev–Trinajstić information content (AvgIpc) is 3.90. The van der Waals surface area contributed by atoms with Gasteiger partial charge in [0.15, 0.2) is 11.6 Å². The van der Waals surface area contributed by atoms with E-state index in [0.717, 1.165) is 124 Å². The highest BCUT2D eigenvalue weighted by atomic mass is 32.1. The quantitative estimate of drug-likeness (QED) is 0.0890. The number of ether oxygens (including phenoxy) is 2. The zero-order valence-corrected chi connectivity index (χ0v) is 33.0. The molecular formula is C42H46N6O6S2. The molecule has 0 atom stereocenters. The molecule has 0 saturated carbocycles. The Bertz CT molecular complexity index is 1900. The van der Waals surface area contributed by atoms with Crippen molar-refractivity contribution in [2.24, 2.45) is 10.8 Å². The predicted octanol–water partition coefficient (Wildman–Crippen LogP) is 7.88. The van der Waals surface area contributed by atoms with Gasteiger partial charge in [-0.05, 0) is 88.7 Å². The lowest BCUT2D eigenvalue weighted by Crippen LogP contribution is -2.54. The lowest BCUT2D eigenvalue weighted by atomic mass is 9.73. The molecule has 12 nitrogen and oxygen atoms in total. The Hall–Kier alpha value is -4.76. The molecule has 292 valence electrons. The topological polar surface area (TPSA) is 125 Å². The molecule has 0 spiro atoms. The van der Waals surface area contributed by atoms with E-state index in [-0.39, 0.29) is 10.8 Å². The van der Waals surface area contributed by atoms with Crippen LogP contribution in [0, 0.1) is 10.8 Å². The number of aromatic nitrogens is 2. The second-order valence-electron chi connectivity index (χ2n) is 15.6. The van der Waals surface area contributed by atoms with Crippen molar-refractivity contribution in [2.75, 3.05) is 62.2 Å². The summed E-state index contributed by atoms with van der Waals surface area (Å²) in [6, 6.07) is 19.4. The Morgan fingerprint density at radius 3 is 1.36 bits per heavy atom. The number of carbonyl (C=O) groups is 4. The second kappa shape index (κ2) is 16.8. The fraction of sp³-hybridized carbons (Fsp3) is 0.429. The minimum Gasteiger partial charge on any atom is -0.373 e. The Morgan fingerprint density at radius 2 is 0.982 bits per heavy atom. The van der Waals surface area contributed by atoms with Crippen LogP contribution in [-0.2, 0) is 19.1 Å². The Morgan fingerprint density at radius 1 is 0.607 bits per heavy atom. The van der Waals surface area contributed by atoms with Crippen LogP contribution in [0.2, 0.25) is 0 Å². The number of nitrogens with zero attached hydrogens (tertiary/aromatic N) is 6. The van der Waals surface area contributed by atoms with Gasteiger partial charge in [0.2, 0.25) is 0 Å². The Kier molecular flexibility index (Phi) is 11.4. The second-order valence-corrected chi connectivity index (χ2v) is 17.3. The first-order valence-electron chi connectivity index (χ1n) is 19.5. The van der Waals surface area contributed by atoms with E-state index >= 15 is 0 Å². The molecule has 0 radical (unpaired) electrons. The van der Waals surface area contributed by atoms with Gasteiger partial charge in [0.05, 0.1) is 20.8 Å². The largest absolute Gasteiger partial charge is 0.423 e. The molecule has 0 aliphatic carbocycles. The molecule has 0 N–H and O–H groups in total. The van der Waals surface area contributed by atoms with E-state index in [9.17, 15) is 19.2 Å². The minimum atomic E-state index is -1.06. The van der Waals surface area contributed by atoms with Gasteiger partial charge in [0.25, 0.3) is 0 Å². The van der Waals surface area contributed by atoms with E-state index < -0.39 is 24.1 Å². The monoisotopic (exact) mass is 794 g/mol. The molecule has 14 heteroatoms. The zero-order valence-electron chi connectivity index (χ0n) is 31.3. The SMILES string of the molecule is O=C(/C=C/C(=O)OC(=O)N(CC12CCCN(CCC1)C2)c1ncsc1-c1ccccc1)OC(=O)N(CC12CCCN(CCC1)C2)c1ncsc1-c1ccccc1. The highest BCUT2D eigenvalue weighted by Crippen LogP contribution is 2.44. The van der Waals surface area contributed by atoms with Crippen LogP contribution in [0.3, 0.4) is 0 Å². The summed E-state index contributed by atoms with van der Waals surface area (Å²) in [6.45, 7) is 6.56. The summed E-state index contributed by atoms with van der Waals surface area (Å²) < 4.78 is 10.7. The fourth-order valence-corrected chi connectivity index (χ4v) is 10.8. The standard InChI is InChI=1S/C42H46N6O6S2/c49-33(53-39(51)47(27-41-17-7-21-45(25-41)22-8-18-41)37-35(55-29-43-37)31-11-3-1-4-12-31)15-16-34(50)54-40(52)48(28-42-19-9-23-46(26-42)24-10-20-42)38-36(56-30-44-38)32-13-5-2-6-14-32/h1-6,11-16,29-30H,7-10,17-28H2/b16-15+. The molecule has 4 saturated heterocycles. The maximum atomic E-state index is 13.9. The Balaban J connectivity index is 0.983. The third kappa shape index (κ3) is 8.48. The summed E-state index contributed by atoms with van der Waals surface area (Å²) in [5.41, 5.74) is 4.86. The molecule has 2 aromatic carbocycles. The number of piperidine rings is 4. The van der Waals surface area contributed by atoms with Gasteiger partial charge in [0.1, 0.15) is 0 Å². The first-order valence-corrected chi connectivity index (χ1v) is 21.2. The van der Waals surface area contributed by atoms with Crippen LogP contribution in [0.25, 0.3) is 20.9 Å². The molecule has 2 aromatic heterocycles. The highest BCUT2D eigenvalue weighted by Gasteiger charge is 2.44.